The minimum atomic E-state index is -0.255. The number of ether oxygens (including phenoxy) is 2. The molecule has 0 atom stereocenters. The number of nitrogens with two attached hydrogens (primary N) is 1. The van der Waals surface area contributed by atoms with E-state index in [-0.39, 0.29) is 11.7 Å². The fourth-order valence-corrected chi connectivity index (χ4v) is 2.18. The number of methoxy groups -OCH3 is 1. The molecule has 6 nitrogen and oxygen atoms in total. The summed E-state index contributed by atoms with van der Waals surface area (Å²) in [6, 6.07) is 11.2. The van der Waals surface area contributed by atoms with Crippen LogP contribution in [0, 0.1) is 0 Å². The summed E-state index contributed by atoms with van der Waals surface area (Å²) >= 11 is 0. The Morgan fingerprint density at radius 3 is 2.64 bits per heavy atom. The zero-order valence-corrected chi connectivity index (χ0v) is 14.5. The maximum absolute atomic E-state index is 12.3. The lowest BCUT2D eigenvalue weighted by atomic mass is 10.1. The molecule has 3 N–H and O–H groups in total. The first kappa shape index (κ1) is 18.5. The summed E-state index contributed by atoms with van der Waals surface area (Å²) in [5, 5.41) is 2.85. The van der Waals surface area contributed by atoms with E-state index in [0.29, 0.717) is 31.0 Å². The van der Waals surface area contributed by atoms with Crippen molar-refractivity contribution in [1.29, 1.82) is 0 Å². The van der Waals surface area contributed by atoms with Crippen molar-refractivity contribution in [3.8, 4) is 0 Å². The molecule has 0 unspecified atom stereocenters. The van der Waals surface area contributed by atoms with Crippen LogP contribution >= 0.6 is 0 Å². The third-order valence-electron chi connectivity index (χ3n) is 3.48. The molecule has 1 heterocycles. The minimum absolute atomic E-state index is 0.198. The Hall–Kier alpha value is -2.86. The van der Waals surface area contributed by atoms with E-state index in [1.165, 1.54) is 0 Å². The third-order valence-corrected chi connectivity index (χ3v) is 3.48. The second kappa shape index (κ2) is 9.44. The first-order valence-corrected chi connectivity index (χ1v) is 8.03. The highest BCUT2D eigenvalue weighted by Gasteiger charge is 2.11. The second-order valence-corrected chi connectivity index (χ2v) is 5.35. The number of pyridine rings is 1. The fraction of sp³-hybridized carbons (Fsp3) is 0.263. The normalized spacial score (nSPS) is 10.8. The molecular weight excluding hydrogens is 318 g/mol. The van der Waals surface area contributed by atoms with E-state index in [4.69, 9.17) is 15.2 Å². The van der Waals surface area contributed by atoms with Gasteiger partial charge in [-0.2, -0.15) is 0 Å². The second-order valence-electron chi connectivity index (χ2n) is 5.35. The van der Waals surface area contributed by atoms with Gasteiger partial charge in [-0.05, 0) is 36.3 Å². The van der Waals surface area contributed by atoms with Gasteiger partial charge in [0.2, 0.25) is 0 Å². The molecule has 0 spiro atoms. The summed E-state index contributed by atoms with van der Waals surface area (Å²) in [6.07, 6.45) is 3.56. The number of amides is 1. The van der Waals surface area contributed by atoms with Crippen molar-refractivity contribution in [2.24, 2.45) is 0 Å². The number of benzene rings is 1. The van der Waals surface area contributed by atoms with Gasteiger partial charge in [-0.15, -0.1) is 0 Å². The zero-order valence-electron chi connectivity index (χ0n) is 14.5. The van der Waals surface area contributed by atoms with Gasteiger partial charge in [0.15, 0.2) is 0 Å². The molecule has 0 saturated heterocycles. The molecule has 1 aromatic heterocycles. The Bertz CT molecular complexity index is 727. The molecule has 0 aliphatic carbocycles. The summed E-state index contributed by atoms with van der Waals surface area (Å²) in [4.78, 5) is 16.4. The molecule has 0 radical (unpaired) electrons. The number of rotatable bonds is 8. The van der Waals surface area contributed by atoms with Crippen LogP contribution in [0.15, 0.2) is 42.7 Å². The van der Waals surface area contributed by atoms with Crippen molar-refractivity contribution < 1.29 is 14.3 Å². The van der Waals surface area contributed by atoms with Gasteiger partial charge in [0.25, 0.3) is 5.91 Å². The number of anilines is 1. The Labute approximate surface area is 147 Å². The molecule has 1 aromatic carbocycles. The van der Waals surface area contributed by atoms with Crippen LogP contribution in [0.4, 0.5) is 5.82 Å². The molecule has 0 saturated carbocycles. The number of nitrogen functional groups attached to an aromatic ring is 1. The Morgan fingerprint density at radius 1 is 1.24 bits per heavy atom. The van der Waals surface area contributed by atoms with Crippen LogP contribution in [-0.2, 0) is 22.6 Å². The van der Waals surface area contributed by atoms with E-state index in [9.17, 15) is 4.79 Å². The number of aromatic nitrogens is 1. The molecular formula is C19H23N3O3. The number of hydrogen-bond acceptors (Lipinski definition) is 5. The van der Waals surface area contributed by atoms with E-state index in [2.05, 4.69) is 10.3 Å². The van der Waals surface area contributed by atoms with Crippen LogP contribution in [0.1, 0.15) is 34.1 Å². The number of hydrogen-bond donors (Lipinski definition) is 2. The van der Waals surface area contributed by atoms with Crippen molar-refractivity contribution in [3.05, 3.63) is 65.0 Å². The molecule has 132 valence electrons. The molecule has 6 heteroatoms. The molecule has 0 bridgehead atoms. The molecule has 2 aromatic rings. The summed E-state index contributed by atoms with van der Waals surface area (Å²) in [6.45, 7) is 3.35. The van der Waals surface area contributed by atoms with E-state index in [1.54, 1.807) is 25.5 Å². The van der Waals surface area contributed by atoms with Crippen molar-refractivity contribution in [2.75, 3.05) is 19.5 Å². The highest BCUT2D eigenvalue weighted by Crippen LogP contribution is 2.11. The topological polar surface area (TPSA) is 86.5 Å². The Balaban J connectivity index is 1.93. The zero-order chi connectivity index (χ0) is 18.1. The number of nitrogens with zero attached hydrogens (tertiary/aromatic N) is 1. The lowest BCUT2D eigenvalue weighted by molar-refractivity contribution is 0.0951. The van der Waals surface area contributed by atoms with Gasteiger partial charge in [-0.3, -0.25) is 4.79 Å². The quantitative estimate of drug-likeness (QED) is 0.721. The summed E-state index contributed by atoms with van der Waals surface area (Å²) in [5.41, 5.74) is 8.92. The van der Waals surface area contributed by atoms with Gasteiger partial charge >= 0.3 is 0 Å². The lowest BCUT2D eigenvalue weighted by Crippen LogP contribution is -2.24. The Morgan fingerprint density at radius 2 is 2.00 bits per heavy atom. The molecule has 2 rings (SSSR count). The van der Waals surface area contributed by atoms with Crippen molar-refractivity contribution in [2.45, 2.75) is 20.1 Å². The highest BCUT2D eigenvalue weighted by atomic mass is 16.5. The maximum atomic E-state index is 12.3. The summed E-state index contributed by atoms with van der Waals surface area (Å²) in [7, 11) is 1.58. The van der Waals surface area contributed by atoms with Crippen molar-refractivity contribution >= 4 is 17.8 Å². The van der Waals surface area contributed by atoms with Gasteiger partial charge in [0.05, 0.1) is 30.7 Å². The van der Waals surface area contributed by atoms with Crippen molar-refractivity contribution in [1.82, 2.24) is 10.3 Å². The van der Waals surface area contributed by atoms with Gasteiger partial charge < -0.3 is 20.5 Å². The van der Waals surface area contributed by atoms with Crippen LogP contribution in [0.5, 0.6) is 0 Å². The van der Waals surface area contributed by atoms with Gasteiger partial charge in [0, 0.05) is 13.7 Å². The molecule has 0 fully saturated rings. The smallest absolute Gasteiger partial charge is 0.255 e. The van der Waals surface area contributed by atoms with Crippen molar-refractivity contribution in [3.63, 3.8) is 0 Å². The summed E-state index contributed by atoms with van der Waals surface area (Å²) < 4.78 is 10.2. The minimum Gasteiger partial charge on any atom is -0.501 e. The van der Waals surface area contributed by atoms with Gasteiger partial charge in [-0.1, -0.05) is 24.3 Å². The number of carbonyl (C=O) groups is 1. The largest absolute Gasteiger partial charge is 0.501 e. The van der Waals surface area contributed by atoms with Gasteiger partial charge in [0.1, 0.15) is 5.82 Å². The standard InChI is InChI=1S/C19H23N3O3/c1-3-25-11-10-14-4-6-15(7-5-14)12-21-19(23)17-9-8-16(13-24-2)22-18(17)20/h4-11H,3,12-13H2,1-2H3,(H2,20,22)(H,21,23). The predicted molar refractivity (Wildman–Crippen MR) is 97.6 cm³/mol. The Kier molecular flexibility index (Phi) is 6.98. The predicted octanol–water partition coefficient (Wildman–Crippen LogP) is 2.75. The first-order valence-electron chi connectivity index (χ1n) is 8.03. The first-order chi connectivity index (χ1) is 12.1. The molecule has 25 heavy (non-hydrogen) atoms. The van der Waals surface area contributed by atoms with E-state index >= 15 is 0 Å². The van der Waals surface area contributed by atoms with Gasteiger partial charge in [-0.25, -0.2) is 4.98 Å². The summed E-state index contributed by atoms with van der Waals surface area (Å²) in [5.74, 6) is -0.0576. The average Bonchev–Trinajstić information content (AvgIpc) is 2.61. The fourth-order valence-electron chi connectivity index (χ4n) is 2.18. The van der Waals surface area contributed by atoms with Crippen LogP contribution < -0.4 is 11.1 Å². The maximum Gasteiger partial charge on any atom is 0.255 e. The lowest BCUT2D eigenvalue weighted by Gasteiger charge is -2.09. The number of nitrogens with one attached hydrogen (secondary N) is 1. The van der Waals surface area contributed by atoms with Crippen LogP contribution in [0.25, 0.3) is 6.08 Å². The average molecular weight is 341 g/mol. The van der Waals surface area contributed by atoms with Crippen LogP contribution in [0.2, 0.25) is 0 Å². The molecule has 0 aliphatic rings. The van der Waals surface area contributed by atoms with E-state index < -0.39 is 0 Å². The third kappa shape index (κ3) is 5.61. The number of carbonyl (C=O) groups excluding carboxylic acids is 1. The molecule has 0 aliphatic heterocycles. The van der Waals surface area contributed by atoms with Crippen LogP contribution in [-0.4, -0.2) is 24.6 Å². The molecule has 1 amide bonds. The van der Waals surface area contributed by atoms with Crippen LogP contribution in [0.3, 0.4) is 0 Å². The van der Waals surface area contributed by atoms with E-state index in [0.717, 1.165) is 11.1 Å². The highest BCUT2D eigenvalue weighted by molar-refractivity contribution is 5.98. The SMILES string of the molecule is CCOC=Cc1ccc(CNC(=O)c2ccc(COC)nc2N)cc1. The van der Waals surface area contributed by atoms with E-state index in [1.807, 2.05) is 37.3 Å². The monoisotopic (exact) mass is 341 g/mol.